The lowest BCUT2D eigenvalue weighted by Crippen LogP contribution is -2.37. The number of carbonyl (C=O) groups excluding carboxylic acids is 1. The predicted molar refractivity (Wildman–Crippen MR) is 78.3 cm³/mol. The number of amides is 1. The zero-order valence-corrected chi connectivity index (χ0v) is 11.6. The number of benzene rings is 1. The number of nitrogens with two attached hydrogens (primary N) is 1. The molecule has 0 radical (unpaired) electrons. The Kier molecular flexibility index (Phi) is 4.80. The van der Waals surface area contributed by atoms with E-state index >= 15 is 0 Å². The molecule has 1 atom stereocenters. The van der Waals surface area contributed by atoms with Crippen LogP contribution in [0.4, 0.5) is 5.69 Å². The van der Waals surface area contributed by atoms with Crippen LogP contribution in [0.25, 0.3) is 0 Å². The van der Waals surface area contributed by atoms with Gasteiger partial charge in [0.15, 0.2) is 0 Å². The van der Waals surface area contributed by atoms with Crippen molar-refractivity contribution in [3.63, 3.8) is 0 Å². The minimum absolute atomic E-state index is 0.102. The zero-order valence-electron chi connectivity index (χ0n) is 11.6. The average molecular weight is 261 g/mol. The Balaban J connectivity index is 1.82. The van der Waals surface area contributed by atoms with Gasteiger partial charge in [-0.05, 0) is 37.9 Å². The summed E-state index contributed by atoms with van der Waals surface area (Å²) in [5.41, 5.74) is 8.11. The van der Waals surface area contributed by atoms with E-state index in [0.29, 0.717) is 25.6 Å². The van der Waals surface area contributed by atoms with Crippen LogP contribution in [0.5, 0.6) is 0 Å². The van der Waals surface area contributed by atoms with E-state index in [9.17, 15) is 4.79 Å². The van der Waals surface area contributed by atoms with Crippen LogP contribution >= 0.6 is 0 Å². The molecule has 1 aromatic carbocycles. The summed E-state index contributed by atoms with van der Waals surface area (Å²) in [5, 5.41) is 2.96. The van der Waals surface area contributed by atoms with E-state index in [1.807, 2.05) is 0 Å². The molecule has 0 fully saturated rings. The lowest BCUT2D eigenvalue weighted by molar-refractivity contribution is -0.121. The van der Waals surface area contributed by atoms with Crippen LogP contribution in [0.2, 0.25) is 0 Å². The van der Waals surface area contributed by atoms with Gasteiger partial charge in [-0.1, -0.05) is 18.2 Å². The molecular weight excluding hydrogens is 238 g/mol. The van der Waals surface area contributed by atoms with Gasteiger partial charge in [-0.3, -0.25) is 4.79 Å². The van der Waals surface area contributed by atoms with E-state index in [-0.39, 0.29) is 5.91 Å². The molecule has 1 aliphatic rings. The molecular formula is C15H23N3O. The Labute approximate surface area is 115 Å². The molecule has 19 heavy (non-hydrogen) atoms. The van der Waals surface area contributed by atoms with Crippen LogP contribution in [0, 0.1) is 0 Å². The Morgan fingerprint density at radius 3 is 3.05 bits per heavy atom. The van der Waals surface area contributed by atoms with Crippen molar-refractivity contribution in [2.75, 3.05) is 24.5 Å². The van der Waals surface area contributed by atoms with Gasteiger partial charge in [-0.15, -0.1) is 0 Å². The van der Waals surface area contributed by atoms with Crippen LogP contribution in [0.1, 0.15) is 25.3 Å². The van der Waals surface area contributed by atoms with Gasteiger partial charge in [0, 0.05) is 31.2 Å². The third-order valence-corrected chi connectivity index (χ3v) is 3.63. The van der Waals surface area contributed by atoms with Gasteiger partial charge >= 0.3 is 0 Å². The fourth-order valence-electron chi connectivity index (χ4n) is 2.64. The quantitative estimate of drug-likeness (QED) is 0.811. The molecule has 2 rings (SSSR count). The van der Waals surface area contributed by atoms with Gasteiger partial charge in [0.1, 0.15) is 0 Å². The zero-order chi connectivity index (χ0) is 13.7. The van der Waals surface area contributed by atoms with Gasteiger partial charge in [-0.25, -0.2) is 0 Å². The smallest absolute Gasteiger partial charge is 0.220 e. The number of para-hydroxylation sites is 1. The minimum atomic E-state index is 0.102. The van der Waals surface area contributed by atoms with Crippen LogP contribution in [-0.2, 0) is 11.2 Å². The van der Waals surface area contributed by atoms with E-state index in [0.717, 1.165) is 19.4 Å². The van der Waals surface area contributed by atoms with Crippen molar-refractivity contribution in [2.24, 2.45) is 5.73 Å². The maximum atomic E-state index is 11.5. The van der Waals surface area contributed by atoms with E-state index in [1.165, 1.54) is 11.3 Å². The van der Waals surface area contributed by atoms with Crippen molar-refractivity contribution in [3.8, 4) is 0 Å². The van der Waals surface area contributed by atoms with Gasteiger partial charge in [-0.2, -0.15) is 0 Å². The fraction of sp³-hybridized carbons (Fsp3) is 0.533. The van der Waals surface area contributed by atoms with Gasteiger partial charge in [0.05, 0.1) is 0 Å². The molecule has 3 N–H and O–H groups in total. The third kappa shape index (κ3) is 3.47. The molecule has 1 aliphatic heterocycles. The first-order valence-corrected chi connectivity index (χ1v) is 7.03. The second kappa shape index (κ2) is 6.57. The second-order valence-corrected chi connectivity index (χ2v) is 5.12. The highest BCUT2D eigenvalue weighted by atomic mass is 16.1. The molecule has 0 saturated carbocycles. The molecule has 0 aliphatic carbocycles. The summed E-state index contributed by atoms with van der Waals surface area (Å²) < 4.78 is 0. The van der Waals surface area contributed by atoms with Crippen LogP contribution in [0.3, 0.4) is 0 Å². The Morgan fingerprint density at radius 1 is 1.47 bits per heavy atom. The lowest BCUT2D eigenvalue weighted by Gasteiger charge is -2.25. The van der Waals surface area contributed by atoms with Crippen molar-refractivity contribution in [2.45, 2.75) is 32.2 Å². The lowest BCUT2D eigenvalue weighted by atomic mass is 10.1. The molecule has 0 aromatic heterocycles. The first kappa shape index (κ1) is 13.9. The summed E-state index contributed by atoms with van der Waals surface area (Å²) in [6, 6.07) is 9.02. The van der Waals surface area contributed by atoms with Crippen molar-refractivity contribution in [1.82, 2.24) is 5.32 Å². The molecule has 1 heterocycles. The van der Waals surface area contributed by atoms with Crippen molar-refractivity contribution < 1.29 is 4.79 Å². The molecule has 0 bridgehead atoms. The van der Waals surface area contributed by atoms with Crippen LogP contribution in [-0.4, -0.2) is 31.6 Å². The van der Waals surface area contributed by atoms with Gasteiger partial charge in [0.2, 0.25) is 5.91 Å². The largest absolute Gasteiger partial charge is 0.367 e. The molecule has 104 valence electrons. The molecule has 0 spiro atoms. The normalized spacial score (nSPS) is 17.4. The standard InChI is InChI=1S/C15H23N3O/c1-12-11-13-5-2-3-6-14(13)18(12)10-9-17-15(19)7-4-8-16/h2-3,5-6,12H,4,7-11,16H2,1H3,(H,17,19). The molecule has 1 aromatic rings. The molecule has 4 heteroatoms. The topological polar surface area (TPSA) is 58.4 Å². The highest BCUT2D eigenvalue weighted by molar-refractivity contribution is 5.75. The van der Waals surface area contributed by atoms with E-state index in [4.69, 9.17) is 5.73 Å². The van der Waals surface area contributed by atoms with Gasteiger partial charge in [0.25, 0.3) is 0 Å². The molecule has 1 amide bonds. The number of hydrogen-bond donors (Lipinski definition) is 2. The van der Waals surface area contributed by atoms with Crippen LogP contribution < -0.4 is 16.0 Å². The maximum absolute atomic E-state index is 11.5. The number of fused-ring (bicyclic) bond motifs is 1. The third-order valence-electron chi connectivity index (χ3n) is 3.63. The van der Waals surface area contributed by atoms with E-state index < -0.39 is 0 Å². The van der Waals surface area contributed by atoms with Crippen molar-refractivity contribution in [3.05, 3.63) is 29.8 Å². The average Bonchev–Trinajstić information content (AvgIpc) is 2.73. The number of nitrogens with zero attached hydrogens (tertiary/aromatic N) is 1. The highest BCUT2D eigenvalue weighted by Crippen LogP contribution is 2.30. The molecule has 1 unspecified atom stereocenters. The number of nitrogens with one attached hydrogen (secondary N) is 1. The minimum Gasteiger partial charge on any atom is -0.367 e. The summed E-state index contributed by atoms with van der Waals surface area (Å²) in [6.45, 7) is 4.37. The molecule has 4 nitrogen and oxygen atoms in total. The number of hydrogen-bond acceptors (Lipinski definition) is 3. The van der Waals surface area contributed by atoms with Crippen LogP contribution in [0.15, 0.2) is 24.3 Å². The van der Waals surface area contributed by atoms with E-state index in [1.54, 1.807) is 0 Å². The number of rotatable bonds is 6. The monoisotopic (exact) mass is 261 g/mol. The van der Waals surface area contributed by atoms with Crippen molar-refractivity contribution >= 4 is 11.6 Å². The Bertz CT molecular complexity index is 433. The summed E-state index contributed by atoms with van der Waals surface area (Å²) in [5.74, 6) is 0.102. The Morgan fingerprint density at radius 2 is 2.26 bits per heavy atom. The summed E-state index contributed by atoms with van der Waals surface area (Å²) in [4.78, 5) is 13.9. The first-order chi connectivity index (χ1) is 9.22. The Hall–Kier alpha value is -1.55. The second-order valence-electron chi connectivity index (χ2n) is 5.12. The predicted octanol–water partition coefficient (Wildman–Crippen LogP) is 1.29. The number of anilines is 1. The summed E-state index contributed by atoms with van der Waals surface area (Å²) >= 11 is 0. The fourth-order valence-corrected chi connectivity index (χ4v) is 2.64. The maximum Gasteiger partial charge on any atom is 0.220 e. The first-order valence-electron chi connectivity index (χ1n) is 7.03. The summed E-state index contributed by atoms with van der Waals surface area (Å²) in [7, 11) is 0. The summed E-state index contributed by atoms with van der Waals surface area (Å²) in [6.07, 6.45) is 2.38. The van der Waals surface area contributed by atoms with E-state index in [2.05, 4.69) is 41.4 Å². The van der Waals surface area contributed by atoms with Crippen molar-refractivity contribution in [1.29, 1.82) is 0 Å². The highest BCUT2D eigenvalue weighted by Gasteiger charge is 2.24. The number of carbonyl (C=O) groups is 1. The SMILES string of the molecule is CC1Cc2ccccc2N1CCNC(=O)CCCN. The molecule has 0 saturated heterocycles. The van der Waals surface area contributed by atoms with Gasteiger partial charge < -0.3 is 16.0 Å².